The molecule has 0 aliphatic carbocycles. The zero-order chi connectivity index (χ0) is 13.2. The van der Waals surface area contributed by atoms with Crippen LogP contribution >= 0.6 is 0 Å². The molecule has 0 spiro atoms. The zero-order valence-corrected chi connectivity index (χ0v) is 11.8. The molecule has 1 aromatic rings. The molecule has 18 heavy (non-hydrogen) atoms. The quantitative estimate of drug-likeness (QED) is 0.627. The summed E-state index contributed by atoms with van der Waals surface area (Å²) in [5.74, 6) is 1.04. The average Bonchev–Trinajstić information content (AvgIpc) is 2.38. The molecule has 0 atom stereocenters. The summed E-state index contributed by atoms with van der Waals surface area (Å²) in [4.78, 5) is 8.79. The lowest BCUT2D eigenvalue weighted by molar-refractivity contribution is 0.123. The predicted octanol–water partition coefficient (Wildman–Crippen LogP) is 1.88. The van der Waals surface area contributed by atoms with Crippen LogP contribution in [0.1, 0.15) is 13.3 Å². The lowest BCUT2D eigenvalue weighted by Crippen LogP contribution is -2.29. The second-order valence-electron chi connectivity index (χ2n) is 4.59. The number of aromatic nitrogens is 1. The molecule has 4 heteroatoms. The lowest BCUT2D eigenvalue weighted by atomic mass is 10.3. The Kier molecular flexibility index (Phi) is 7.37. The van der Waals surface area contributed by atoms with Gasteiger partial charge in [-0.1, -0.05) is 13.0 Å². The third-order valence-electron chi connectivity index (χ3n) is 2.66. The van der Waals surface area contributed by atoms with Gasteiger partial charge in [0.15, 0.2) is 0 Å². The summed E-state index contributed by atoms with van der Waals surface area (Å²) in [5, 5.41) is 0. The molecular weight excluding hydrogens is 226 g/mol. The second kappa shape index (κ2) is 8.89. The molecule has 0 amide bonds. The normalized spacial score (nSPS) is 10.9. The minimum Gasteiger partial charge on any atom is -0.378 e. The molecule has 0 N–H and O–H groups in total. The van der Waals surface area contributed by atoms with E-state index >= 15 is 0 Å². The third-order valence-corrected chi connectivity index (χ3v) is 2.66. The molecule has 102 valence electrons. The SMILES string of the molecule is CCCN(CCOCCN(C)C)c1ccccn1. The molecule has 0 aliphatic rings. The van der Waals surface area contributed by atoms with E-state index in [4.69, 9.17) is 4.74 Å². The first kappa shape index (κ1) is 14.9. The van der Waals surface area contributed by atoms with Gasteiger partial charge in [-0.15, -0.1) is 0 Å². The van der Waals surface area contributed by atoms with E-state index in [2.05, 4.69) is 41.9 Å². The Morgan fingerprint density at radius 3 is 2.50 bits per heavy atom. The average molecular weight is 251 g/mol. The van der Waals surface area contributed by atoms with Crippen molar-refractivity contribution in [1.82, 2.24) is 9.88 Å². The van der Waals surface area contributed by atoms with Crippen LogP contribution in [0.3, 0.4) is 0 Å². The molecule has 1 heterocycles. The fourth-order valence-corrected chi connectivity index (χ4v) is 1.68. The predicted molar refractivity (Wildman–Crippen MR) is 76.1 cm³/mol. The van der Waals surface area contributed by atoms with Crippen LogP contribution in [-0.4, -0.2) is 56.8 Å². The van der Waals surface area contributed by atoms with Crippen molar-refractivity contribution in [2.75, 3.05) is 51.8 Å². The Balaban J connectivity index is 2.31. The fourth-order valence-electron chi connectivity index (χ4n) is 1.68. The first-order valence-electron chi connectivity index (χ1n) is 6.62. The van der Waals surface area contributed by atoms with Gasteiger partial charge >= 0.3 is 0 Å². The van der Waals surface area contributed by atoms with Gasteiger partial charge in [0.05, 0.1) is 13.2 Å². The first-order valence-corrected chi connectivity index (χ1v) is 6.62. The summed E-state index contributed by atoms with van der Waals surface area (Å²) in [5.41, 5.74) is 0. The summed E-state index contributed by atoms with van der Waals surface area (Å²) in [6.45, 7) is 6.62. The van der Waals surface area contributed by atoms with Gasteiger partial charge in [-0.25, -0.2) is 4.98 Å². The molecule has 0 radical (unpaired) electrons. The van der Waals surface area contributed by atoms with Gasteiger partial charge in [0.2, 0.25) is 0 Å². The van der Waals surface area contributed by atoms with Crippen LogP contribution in [0.4, 0.5) is 5.82 Å². The third kappa shape index (κ3) is 5.98. The highest BCUT2D eigenvalue weighted by atomic mass is 16.5. The Morgan fingerprint density at radius 2 is 1.89 bits per heavy atom. The van der Waals surface area contributed by atoms with Crippen LogP contribution in [0.5, 0.6) is 0 Å². The van der Waals surface area contributed by atoms with E-state index < -0.39 is 0 Å². The van der Waals surface area contributed by atoms with Gasteiger partial charge in [-0.3, -0.25) is 0 Å². The van der Waals surface area contributed by atoms with E-state index in [0.29, 0.717) is 0 Å². The Bertz CT molecular complexity index is 303. The fraction of sp³-hybridized carbons (Fsp3) is 0.643. The van der Waals surface area contributed by atoms with Crippen molar-refractivity contribution in [3.63, 3.8) is 0 Å². The van der Waals surface area contributed by atoms with E-state index in [1.165, 1.54) is 0 Å². The highest BCUT2D eigenvalue weighted by Gasteiger charge is 2.05. The smallest absolute Gasteiger partial charge is 0.128 e. The number of pyridine rings is 1. The van der Waals surface area contributed by atoms with Gasteiger partial charge in [0.1, 0.15) is 5.82 Å². The molecule has 1 rings (SSSR count). The van der Waals surface area contributed by atoms with Crippen molar-refractivity contribution in [2.45, 2.75) is 13.3 Å². The molecule has 0 unspecified atom stereocenters. The summed E-state index contributed by atoms with van der Waals surface area (Å²) < 4.78 is 5.63. The maximum Gasteiger partial charge on any atom is 0.128 e. The maximum atomic E-state index is 5.63. The van der Waals surface area contributed by atoms with Crippen LogP contribution in [0.2, 0.25) is 0 Å². The summed E-state index contributed by atoms with van der Waals surface area (Å²) in [6.07, 6.45) is 2.96. The van der Waals surface area contributed by atoms with E-state index in [0.717, 1.165) is 45.1 Å². The lowest BCUT2D eigenvalue weighted by Gasteiger charge is -2.23. The number of anilines is 1. The molecule has 4 nitrogen and oxygen atoms in total. The van der Waals surface area contributed by atoms with E-state index in [1.54, 1.807) is 0 Å². The number of hydrogen-bond donors (Lipinski definition) is 0. The molecule has 0 aliphatic heterocycles. The maximum absolute atomic E-state index is 5.63. The van der Waals surface area contributed by atoms with Crippen LogP contribution in [-0.2, 0) is 4.74 Å². The van der Waals surface area contributed by atoms with Crippen LogP contribution in [0, 0.1) is 0 Å². The Hall–Kier alpha value is -1.13. The van der Waals surface area contributed by atoms with Gasteiger partial charge in [-0.05, 0) is 32.6 Å². The summed E-state index contributed by atoms with van der Waals surface area (Å²) in [6, 6.07) is 6.02. The molecular formula is C14H25N3O. The highest BCUT2D eigenvalue weighted by molar-refractivity contribution is 5.37. The van der Waals surface area contributed by atoms with Crippen molar-refractivity contribution in [1.29, 1.82) is 0 Å². The molecule has 0 saturated heterocycles. The molecule has 0 fully saturated rings. The molecule has 0 saturated carbocycles. The molecule has 0 bridgehead atoms. The molecule has 1 aromatic heterocycles. The minimum absolute atomic E-state index is 0.754. The van der Waals surface area contributed by atoms with E-state index in [1.807, 2.05) is 18.3 Å². The standard InChI is InChI=1S/C14H25N3O/c1-4-9-17(14-7-5-6-8-15-14)11-13-18-12-10-16(2)3/h5-8H,4,9-13H2,1-3H3. The summed E-state index contributed by atoms with van der Waals surface area (Å²) in [7, 11) is 4.11. The second-order valence-corrected chi connectivity index (χ2v) is 4.59. The first-order chi connectivity index (χ1) is 8.74. The molecule has 0 aromatic carbocycles. The number of hydrogen-bond acceptors (Lipinski definition) is 4. The van der Waals surface area contributed by atoms with Crippen molar-refractivity contribution in [2.24, 2.45) is 0 Å². The minimum atomic E-state index is 0.754. The number of ether oxygens (including phenoxy) is 1. The number of likely N-dealkylation sites (N-methyl/N-ethyl adjacent to an activating group) is 1. The van der Waals surface area contributed by atoms with Crippen LogP contribution < -0.4 is 4.90 Å². The van der Waals surface area contributed by atoms with Gasteiger partial charge < -0.3 is 14.5 Å². The van der Waals surface area contributed by atoms with Crippen molar-refractivity contribution in [3.8, 4) is 0 Å². The van der Waals surface area contributed by atoms with Gasteiger partial charge in [0, 0.05) is 25.8 Å². The van der Waals surface area contributed by atoms with Crippen LogP contribution in [0.25, 0.3) is 0 Å². The monoisotopic (exact) mass is 251 g/mol. The van der Waals surface area contributed by atoms with Crippen molar-refractivity contribution < 1.29 is 4.74 Å². The number of rotatable bonds is 9. The number of nitrogens with zero attached hydrogens (tertiary/aromatic N) is 3. The topological polar surface area (TPSA) is 28.6 Å². The largest absolute Gasteiger partial charge is 0.378 e. The van der Waals surface area contributed by atoms with Crippen LogP contribution in [0.15, 0.2) is 24.4 Å². The Labute approximate surface area is 111 Å². The van der Waals surface area contributed by atoms with Gasteiger partial charge in [-0.2, -0.15) is 0 Å². The van der Waals surface area contributed by atoms with Gasteiger partial charge in [0.25, 0.3) is 0 Å². The van der Waals surface area contributed by atoms with Crippen molar-refractivity contribution >= 4 is 5.82 Å². The summed E-state index contributed by atoms with van der Waals surface area (Å²) >= 11 is 0. The van der Waals surface area contributed by atoms with E-state index in [9.17, 15) is 0 Å². The van der Waals surface area contributed by atoms with E-state index in [-0.39, 0.29) is 0 Å². The zero-order valence-electron chi connectivity index (χ0n) is 11.8. The Morgan fingerprint density at radius 1 is 1.11 bits per heavy atom. The van der Waals surface area contributed by atoms with Crippen molar-refractivity contribution in [3.05, 3.63) is 24.4 Å². The highest BCUT2D eigenvalue weighted by Crippen LogP contribution is 2.09.